The maximum Gasteiger partial charge on any atom is 0.582 e. The Labute approximate surface area is 258 Å². The molecule has 6 rings (SSSR count). The Balaban J connectivity index is 1.26. The van der Waals surface area contributed by atoms with Gasteiger partial charge in [0, 0.05) is 0 Å². The zero-order valence-corrected chi connectivity index (χ0v) is 25.6. The highest BCUT2D eigenvalue weighted by atomic mass is 32.7. The average molecular weight is 714 g/mol. The highest BCUT2D eigenvalue weighted by molar-refractivity contribution is 8.39. The number of imidazole rings is 1. The van der Waals surface area contributed by atoms with Crippen molar-refractivity contribution in [2.24, 2.45) is 0 Å². The number of nitrogens with zero attached hydrogens (tertiary/aromatic N) is 7. The molecule has 4 aromatic heterocycles. The monoisotopic (exact) mass is 713 g/mol. The van der Waals surface area contributed by atoms with Gasteiger partial charge < -0.3 is 34.7 Å². The summed E-state index contributed by atoms with van der Waals surface area (Å²) in [6.07, 6.45) is -8.48. The molecule has 0 spiro atoms. The third-order valence-corrected chi connectivity index (χ3v) is 9.19. The maximum atomic E-state index is 16.2. The first-order chi connectivity index (χ1) is 21.3. The summed E-state index contributed by atoms with van der Waals surface area (Å²) in [5.74, 6) is -0.389. The Morgan fingerprint density at radius 1 is 1.24 bits per heavy atom. The van der Waals surface area contributed by atoms with E-state index < -0.39 is 87.5 Å². The molecular formula is C19H21F2N10O10P2S2+. The molecule has 0 aromatic carbocycles. The number of thiol groups is 1. The second-order valence-electron chi connectivity index (χ2n) is 9.67. The molecule has 6 N–H and O–H groups in total. The first kappa shape index (κ1) is 32.1. The molecule has 45 heavy (non-hydrogen) atoms. The molecule has 0 radical (unpaired) electrons. The van der Waals surface area contributed by atoms with Gasteiger partial charge in [0.15, 0.2) is 40.9 Å². The van der Waals surface area contributed by atoms with Crippen molar-refractivity contribution < 1.29 is 46.4 Å². The van der Waals surface area contributed by atoms with Gasteiger partial charge in [-0.2, -0.15) is 9.67 Å². The van der Waals surface area contributed by atoms with Gasteiger partial charge in [0.2, 0.25) is 11.7 Å². The topological polar surface area (TPSA) is 270 Å². The van der Waals surface area contributed by atoms with Gasteiger partial charge in [-0.3, -0.25) is 23.7 Å². The maximum absolute atomic E-state index is 16.2. The number of alkyl halides is 2. The Bertz CT molecular complexity index is 1950. The van der Waals surface area contributed by atoms with Crippen molar-refractivity contribution in [3.05, 3.63) is 33.4 Å². The number of rotatable bonds is 10. The van der Waals surface area contributed by atoms with Gasteiger partial charge in [0.1, 0.15) is 43.8 Å². The fourth-order valence-corrected chi connectivity index (χ4v) is 6.91. The van der Waals surface area contributed by atoms with E-state index in [1.165, 1.54) is 0 Å². The first-order valence-electron chi connectivity index (χ1n) is 12.5. The Morgan fingerprint density at radius 2 is 2.02 bits per heavy atom. The number of nitrogen functional groups attached to an aromatic ring is 1. The molecule has 2 aliphatic rings. The summed E-state index contributed by atoms with van der Waals surface area (Å²) >= 11 is 8.74. The Hall–Kier alpha value is -2.89. The summed E-state index contributed by atoms with van der Waals surface area (Å²) in [7, 11) is -2.46. The average Bonchev–Trinajstić information content (AvgIpc) is 3.73. The number of anilines is 1. The van der Waals surface area contributed by atoms with Crippen LogP contribution < -0.4 is 16.9 Å². The van der Waals surface area contributed by atoms with Crippen LogP contribution in [-0.2, 0) is 45.1 Å². The predicted molar refractivity (Wildman–Crippen MR) is 152 cm³/mol. The number of fused-ring (bicyclic) bond motifs is 2. The second-order valence-corrected chi connectivity index (χ2v) is 14.1. The quantitative estimate of drug-likeness (QED) is 0.0856. The molecular weight excluding hydrogens is 692 g/mol. The van der Waals surface area contributed by atoms with E-state index in [1.54, 1.807) is 0 Å². The molecule has 0 amide bonds. The SMILES string of the molecule is Nc1nc2c(nnn2[C@@]2(OP(O)(=S)OC[C@H]3O[C@@H](n4cnc5c(=O)[nH]cnc54)[C@@H](F)[C@@H]3O)CO[C@H](CO[P+](=O)S)[C@@H]2F)c(=O)[nH]1. The largest absolute Gasteiger partial charge is 0.582 e. The molecule has 242 valence electrons. The fraction of sp³-hybridized carbons (Fsp3) is 0.526. The van der Waals surface area contributed by atoms with Crippen molar-refractivity contribution in [2.45, 2.75) is 42.6 Å². The van der Waals surface area contributed by atoms with E-state index in [0.717, 1.165) is 17.2 Å². The number of aliphatic hydroxyl groups excluding tert-OH is 1. The number of aromatic amines is 2. The summed E-state index contributed by atoms with van der Waals surface area (Å²) in [5.41, 5.74) is 0.848. The molecule has 20 nitrogen and oxygen atoms in total. The van der Waals surface area contributed by atoms with E-state index in [9.17, 15) is 24.2 Å². The standard InChI is InChI=1S/C19H20F2N10O10P2S2/c20-8-11(32)6(40-17(8)30-5-25-9-13(30)23-4-24-15(9)33)2-39-43(36,45)41-19(3-37-7(12(19)21)1-38-42(35)44)31-14-10(28-29-31)16(34)27-18(22)26-14/h4-8,11-12,17,32H,1-3H2,(H5-,22,23,24,26,27,29,33,34,35,36,44,45)/p+1/t6-,7-,8+,11-,12+,17-,19-,43?/m1/s1. The highest BCUT2D eigenvalue weighted by Gasteiger charge is 2.59. The second kappa shape index (κ2) is 12.0. The summed E-state index contributed by atoms with van der Waals surface area (Å²) in [6.45, 7) is -6.70. The first-order valence-corrected chi connectivity index (χ1v) is 17.5. The minimum absolute atomic E-state index is 0.0259. The number of halogens is 2. The van der Waals surface area contributed by atoms with Crippen LogP contribution in [0.25, 0.3) is 22.3 Å². The van der Waals surface area contributed by atoms with Crippen molar-refractivity contribution in [3.8, 4) is 0 Å². The van der Waals surface area contributed by atoms with E-state index in [-0.39, 0.29) is 28.3 Å². The van der Waals surface area contributed by atoms with Gasteiger partial charge in [-0.15, -0.1) is 9.62 Å². The highest BCUT2D eigenvalue weighted by Crippen LogP contribution is 2.54. The molecule has 0 aliphatic carbocycles. The van der Waals surface area contributed by atoms with E-state index >= 15 is 8.78 Å². The number of nitrogens with one attached hydrogen (secondary N) is 2. The Kier molecular flexibility index (Phi) is 8.58. The number of hydrogen-bond donors (Lipinski definition) is 6. The smallest absolute Gasteiger partial charge is 0.387 e. The molecule has 0 saturated carbocycles. The molecule has 2 fully saturated rings. The Morgan fingerprint density at radius 3 is 2.78 bits per heavy atom. The van der Waals surface area contributed by atoms with Gasteiger partial charge in [0.25, 0.3) is 11.1 Å². The van der Waals surface area contributed by atoms with Crippen LogP contribution in [0.1, 0.15) is 6.23 Å². The number of H-pyrrole nitrogens is 2. The van der Waals surface area contributed by atoms with E-state index in [4.69, 9.17) is 40.6 Å². The van der Waals surface area contributed by atoms with Gasteiger partial charge in [-0.05, 0) is 16.4 Å². The van der Waals surface area contributed by atoms with Crippen LogP contribution in [0.3, 0.4) is 0 Å². The van der Waals surface area contributed by atoms with Gasteiger partial charge >= 0.3 is 13.9 Å². The predicted octanol–water partition coefficient (Wildman–Crippen LogP) is -0.930. The summed E-state index contributed by atoms with van der Waals surface area (Å²) in [5, 5.41) is 18.0. The summed E-state index contributed by atoms with van der Waals surface area (Å²) < 4.78 is 71.4. The molecule has 26 heteroatoms. The number of ether oxygens (including phenoxy) is 2. The molecule has 2 saturated heterocycles. The van der Waals surface area contributed by atoms with Crippen LogP contribution in [0, 0.1) is 0 Å². The molecule has 2 aliphatic heterocycles. The van der Waals surface area contributed by atoms with Crippen molar-refractivity contribution in [2.75, 3.05) is 25.6 Å². The van der Waals surface area contributed by atoms with E-state index in [0.29, 0.717) is 4.68 Å². The molecule has 9 atom stereocenters. The number of aromatic nitrogens is 9. The van der Waals surface area contributed by atoms with Gasteiger partial charge in [-0.25, -0.2) is 18.7 Å². The minimum atomic E-state index is -4.60. The number of nitrogens with two attached hydrogens (primary N) is 1. The number of aliphatic hydroxyl groups is 1. The van der Waals surface area contributed by atoms with E-state index in [1.807, 2.05) is 0 Å². The van der Waals surface area contributed by atoms with Crippen LogP contribution in [0.5, 0.6) is 0 Å². The van der Waals surface area contributed by atoms with Crippen LogP contribution in [0.2, 0.25) is 0 Å². The lowest BCUT2D eigenvalue weighted by Gasteiger charge is -2.33. The van der Waals surface area contributed by atoms with Crippen molar-refractivity contribution in [1.82, 2.24) is 44.5 Å². The minimum Gasteiger partial charge on any atom is -0.387 e. The van der Waals surface area contributed by atoms with Crippen LogP contribution in [0.4, 0.5) is 14.7 Å². The fourth-order valence-electron chi connectivity index (χ4n) is 4.85. The summed E-state index contributed by atoms with van der Waals surface area (Å²) in [4.78, 5) is 51.7. The van der Waals surface area contributed by atoms with Crippen molar-refractivity contribution in [3.63, 3.8) is 0 Å². The van der Waals surface area contributed by atoms with Crippen LogP contribution >= 0.6 is 26.2 Å². The van der Waals surface area contributed by atoms with Crippen molar-refractivity contribution in [1.29, 1.82) is 0 Å². The third kappa shape index (κ3) is 5.80. The number of hydrogen-bond acceptors (Lipinski definition) is 16. The van der Waals surface area contributed by atoms with Gasteiger partial charge in [0.05, 0.1) is 19.3 Å². The van der Waals surface area contributed by atoms with Crippen molar-refractivity contribution >= 4 is 66.3 Å². The molecule has 4 aromatic rings. The molecule has 6 heterocycles. The lowest BCUT2D eigenvalue weighted by Crippen LogP contribution is -2.47. The van der Waals surface area contributed by atoms with Crippen LogP contribution in [0.15, 0.2) is 22.2 Å². The molecule has 0 bridgehead atoms. The van der Waals surface area contributed by atoms with E-state index in [2.05, 4.69) is 47.5 Å². The normalized spacial score (nSPS) is 30.3. The summed E-state index contributed by atoms with van der Waals surface area (Å²) in [6, 6.07) is 0. The lowest BCUT2D eigenvalue weighted by atomic mass is 10.1. The van der Waals surface area contributed by atoms with Gasteiger partial charge in [-0.1, -0.05) is 5.21 Å². The molecule has 2 unspecified atom stereocenters. The zero-order valence-electron chi connectivity index (χ0n) is 22.1. The lowest BCUT2D eigenvalue weighted by molar-refractivity contribution is -0.0850. The van der Waals surface area contributed by atoms with Crippen LogP contribution in [-0.4, -0.2) is 105 Å². The zero-order chi connectivity index (χ0) is 32.3. The third-order valence-electron chi connectivity index (χ3n) is 6.91.